The van der Waals surface area contributed by atoms with E-state index >= 15 is 0 Å². The van der Waals surface area contributed by atoms with Gasteiger partial charge >= 0.3 is 0 Å². The van der Waals surface area contributed by atoms with Crippen LogP contribution in [0.1, 0.15) is 141 Å². The lowest BCUT2D eigenvalue weighted by molar-refractivity contribution is -0.119. The Hall–Kier alpha value is -6.53. The summed E-state index contributed by atoms with van der Waals surface area (Å²) in [5.74, 6) is -3.19. The number of halogens is 5. The minimum Gasteiger partial charge on any atom is -0.361 e. The topological polar surface area (TPSA) is 163 Å². The normalized spacial score (nSPS) is 20.9. The second-order valence-corrected chi connectivity index (χ2v) is 18.8. The molecule has 0 unspecified atom stereocenters. The number of aromatic nitrogens is 8. The Morgan fingerprint density at radius 3 is 1.65 bits per heavy atom. The predicted molar refractivity (Wildman–Crippen MR) is 241 cm³/mol. The number of hydrogen-bond acceptors (Lipinski definition) is 10. The van der Waals surface area contributed by atoms with E-state index in [1.165, 1.54) is 6.07 Å². The van der Waals surface area contributed by atoms with Crippen molar-refractivity contribution < 1.29 is 40.6 Å². The van der Waals surface area contributed by atoms with Crippen molar-refractivity contribution in [2.24, 2.45) is 0 Å². The number of pyridine rings is 2. The first kappa shape index (κ1) is 45.3. The first-order chi connectivity index (χ1) is 32.4. The maximum Gasteiger partial charge on any atom is 0.248 e. The summed E-state index contributed by atoms with van der Waals surface area (Å²) in [5, 5.41) is 11.0. The molecule has 11 rings (SSSR count). The predicted octanol–water partition coefficient (Wildman–Crippen LogP) is 11.2. The molecule has 2 atom stereocenters. The third-order valence-electron chi connectivity index (χ3n) is 14.1. The minimum atomic E-state index is -2.69. The van der Waals surface area contributed by atoms with Gasteiger partial charge in [0.1, 0.15) is 40.0 Å². The molecule has 0 bridgehead atoms. The molecule has 2 saturated carbocycles. The van der Waals surface area contributed by atoms with Crippen LogP contribution in [0.15, 0.2) is 51.8 Å². The summed E-state index contributed by atoms with van der Waals surface area (Å²) in [6, 6.07) is 7.54. The van der Waals surface area contributed by atoms with Crippen LogP contribution in [0.4, 0.5) is 27.6 Å². The average molecular weight is 939 g/mol. The van der Waals surface area contributed by atoms with Crippen molar-refractivity contribution in [1.29, 1.82) is 0 Å². The molecule has 4 aliphatic rings. The molecule has 14 nitrogen and oxygen atoms in total. The number of nitrogens with one attached hydrogen (secondary N) is 1. The van der Waals surface area contributed by atoms with Crippen LogP contribution < -0.4 is 10.2 Å². The second kappa shape index (κ2) is 17.2. The van der Waals surface area contributed by atoms with E-state index in [0.29, 0.717) is 88.9 Å². The van der Waals surface area contributed by atoms with Crippen molar-refractivity contribution in [2.45, 2.75) is 148 Å². The molecule has 1 aromatic carbocycles. The van der Waals surface area contributed by atoms with Gasteiger partial charge in [-0.3, -0.25) is 9.59 Å². The Labute approximate surface area is 387 Å². The Morgan fingerprint density at radius 2 is 1.18 bits per heavy atom. The first-order valence-corrected chi connectivity index (χ1v) is 23.2. The Balaban J connectivity index is 0.000000163. The highest BCUT2D eigenvalue weighted by Crippen LogP contribution is 2.46. The SMILES string of the molecule is Cc1ccc(N2C(=O)CC[C@H]2c2nc3cc(-c4c(C)noc4C)cnc3n2C2CCC(F)(F)CC2)cc1F.Cc1noc(C)c1-c1cnc2c(c1)nc([C@@H]1CCC(=O)N1)n2C1CCC(F)(F)CC1. The number of carbonyl (C=O) groups is 2. The van der Waals surface area contributed by atoms with Gasteiger partial charge in [-0.15, -0.1) is 0 Å². The first-order valence-electron chi connectivity index (χ1n) is 23.2. The molecule has 0 radical (unpaired) electrons. The van der Waals surface area contributed by atoms with Crippen molar-refractivity contribution >= 4 is 39.8 Å². The lowest BCUT2D eigenvalue weighted by atomic mass is 9.91. The van der Waals surface area contributed by atoms with Crippen molar-refractivity contribution in [3.05, 3.63) is 88.7 Å². The van der Waals surface area contributed by atoms with Gasteiger partial charge in [0.25, 0.3) is 0 Å². The summed E-state index contributed by atoms with van der Waals surface area (Å²) in [7, 11) is 0. The number of rotatable bonds is 7. The minimum absolute atomic E-state index is 0.0156. The highest BCUT2D eigenvalue weighted by atomic mass is 19.3. The Bertz CT molecular complexity index is 3040. The molecule has 8 heterocycles. The molecular weight excluding hydrogens is 888 g/mol. The molecule has 19 heteroatoms. The summed E-state index contributed by atoms with van der Waals surface area (Å²) < 4.78 is 84.7. The zero-order valence-electron chi connectivity index (χ0n) is 38.4. The summed E-state index contributed by atoms with van der Waals surface area (Å²) in [6.45, 7) is 9.07. The molecule has 7 aromatic rings. The lowest BCUT2D eigenvalue weighted by Crippen LogP contribution is -2.32. The van der Waals surface area contributed by atoms with Crippen LogP contribution in [0.2, 0.25) is 0 Å². The number of carbonyl (C=O) groups excluding carboxylic acids is 2. The van der Waals surface area contributed by atoms with E-state index in [1.807, 2.05) is 49.0 Å². The fourth-order valence-corrected chi connectivity index (χ4v) is 10.6. The molecule has 68 heavy (non-hydrogen) atoms. The van der Waals surface area contributed by atoms with Crippen LogP contribution in [-0.4, -0.2) is 63.0 Å². The van der Waals surface area contributed by atoms with E-state index in [0.717, 1.165) is 33.6 Å². The molecule has 4 fully saturated rings. The summed E-state index contributed by atoms with van der Waals surface area (Å²) >= 11 is 0. The van der Waals surface area contributed by atoms with E-state index in [9.17, 15) is 31.5 Å². The van der Waals surface area contributed by atoms with E-state index in [2.05, 4.69) is 20.6 Å². The molecule has 2 aliphatic carbocycles. The molecule has 356 valence electrons. The molecular formula is C49H51F5N10O4. The van der Waals surface area contributed by atoms with Crippen molar-refractivity contribution in [1.82, 2.24) is 44.7 Å². The van der Waals surface area contributed by atoms with Crippen molar-refractivity contribution in [3.8, 4) is 22.3 Å². The second-order valence-electron chi connectivity index (χ2n) is 18.8. The fourth-order valence-electron chi connectivity index (χ4n) is 10.6. The van der Waals surface area contributed by atoms with Gasteiger partial charge in [-0.2, -0.15) is 0 Å². The molecule has 2 aliphatic heterocycles. The summed E-state index contributed by atoms with van der Waals surface area (Å²) in [6.07, 6.45) is 5.86. The molecule has 6 aromatic heterocycles. The van der Waals surface area contributed by atoms with Gasteiger partial charge in [0.2, 0.25) is 23.7 Å². The monoisotopic (exact) mass is 938 g/mol. The molecule has 2 amide bonds. The number of aryl methyl sites for hydroxylation is 5. The zero-order chi connectivity index (χ0) is 47.8. The molecule has 2 saturated heterocycles. The number of imidazole rings is 2. The summed E-state index contributed by atoms with van der Waals surface area (Å²) in [4.78, 5) is 45.7. The number of benzene rings is 1. The van der Waals surface area contributed by atoms with Crippen molar-refractivity contribution in [3.63, 3.8) is 0 Å². The number of fused-ring (bicyclic) bond motifs is 2. The van der Waals surface area contributed by atoms with Gasteiger partial charge in [0.15, 0.2) is 11.3 Å². The van der Waals surface area contributed by atoms with Gasteiger partial charge in [-0.25, -0.2) is 41.9 Å². The van der Waals surface area contributed by atoms with Crippen molar-refractivity contribution in [2.75, 3.05) is 4.90 Å². The average Bonchev–Trinajstić information content (AvgIpc) is 4.17. The number of alkyl halides is 4. The summed E-state index contributed by atoms with van der Waals surface area (Å²) in [5.41, 5.74) is 8.33. The number of anilines is 1. The van der Waals surface area contributed by atoms with E-state index in [-0.39, 0.29) is 74.9 Å². The fraction of sp³-hybridized carbons (Fsp3) is 0.469. The maximum atomic E-state index is 14.5. The van der Waals surface area contributed by atoms with Gasteiger partial charge < -0.3 is 28.4 Å². The smallest absolute Gasteiger partial charge is 0.248 e. The quantitative estimate of drug-likeness (QED) is 0.152. The third kappa shape index (κ3) is 8.30. The van der Waals surface area contributed by atoms with E-state index in [4.69, 9.17) is 24.0 Å². The van der Waals surface area contributed by atoms with Crippen LogP contribution >= 0.6 is 0 Å². The maximum absolute atomic E-state index is 14.5. The van der Waals surface area contributed by atoms with Gasteiger partial charge in [-0.1, -0.05) is 16.4 Å². The Kier molecular flexibility index (Phi) is 11.5. The number of hydrogen-bond donors (Lipinski definition) is 1. The van der Waals surface area contributed by atoms with Crippen LogP contribution in [0.3, 0.4) is 0 Å². The number of amides is 2. The lowest BCUT2D eigenvalue weighted by Gasteiger charge is -2.32. The third-order valence-corrected chi connectivity index (χ3v) is 14.1. The van der Waals surface area contributed by atoms with Gasteiger partial charge in [-0.05, 0) is 103 Å². The number of nitrogens with zero attached hydrogens (tertiary/aromatic N) is 9. The standard InChI is InChI=1S/C28H28F3N5O2.C21H23F2N5O2/c1-15-4-5-20(13-21(15)29)35-23(6-7-24(35)37)27-33-22-12-18(25-16(2)34-38-17(25)3)14-32-26(22)36(27)19-8-10-28(30,31)11-9-19;1-11-18(12(2)30-27-11)13-9-16-19(24-10-13)28(14-5-7-21(22,23)8-6-14)20(26-16)15-3-4-17(29)25-15/h4-5,12-14,19,23H,6-11H2,1-3H3;9-10,14-15H,3-8H2,1-2H3,(H,25,29)/t23-;15-/m00/s1. The highest BCUT2D eigenvalue weighted by Gasteiger charge is 2.42. The van der Waals surface area contributed by atoms with Gasteiger partial charge in [0, 0.05) is 90.9 Å². The van der Waals surface area contributed by atoms with Crippen LogP contribution in [0.5, 0.6) is 0 Å². The van der Waals surface area contributed by atoms with E-state index < -0.39 is 23.7 Å². The van der Waals surface area contributed by atoms with Crippen LogP contribution in [0.25, 0.3) is 44.6 Å². The Morgan fingerprint density at radius 1 is 0.662 bits per heavy atom. The largest absolute Gasteiger partial charge is 0.361 e. The highest BCUT2D eigenvalue weighted by molar-refractivity contribution is 5.96. The van der Waals surface area contributed by atoms with Gasteiger partial charge in [0.05, 0.1) is 23.5 Å². The zero-order valence-corrected chi connectivity index (χ0v) is 38.4. The molecule has 0 spiro atoms. The van der Waals surface area contributed by atoms with Crippen LogP contribution in [-0.2, 0) is 9.59 Å². The van der Waals surface area contributed by atoms with E-state index in [1.54, 1.807) is 36.4 Å². The van der Waals surface area contributed by atoms with Crippen LogP contribution in [0, 0.1) is 40.4 Å². The molecule has 1 N–H and O–H groups in total.